The summed E-state index contributed by atoms with van der Waals surface area (Å²) in [5.41, 5.74) is 14.4. The summed E-state index contributed by atoms with van der Waals surface area (Å²) in [7, 11) is 0. The van der Waals surface area contributed by atoms with Crippen LogP contribution in [0.4, 0.5) is 0 Å². The van der Waals surface area contributed by atoms with Crippen LogP contribution in [0.15, 0.2) is 218 Å². The molecule has 2 heteroatoms. The Morgan fingerprint density at radius 3 is 1.02 bits per heavy atom. The van der Waals surface area contributed by atoms with Crippen LogP contribution >= 0.6 is 0 Å². The van der Waals surface area contributed by atoms with Crippen molar-refractivity contribution >= 4 is 65.2 Å². The summed E-state index contributed by atoms with van der Waals surface area (Å²) in [5.74, 6) is 0. The Morgan fingerprint density at radius 2 is 0.586 bits per heavy atom. The van der Waals surface area contributed by atoms with Crippen LogP contribution in [0.1, 0.15) is 0 Å². The summed E-state index contributed by atoms with van der Waals surface area (Å²) in [6.07, 6.45) is 0. The Labute approximate surface area is 336 Å². The molecule has 0 aliphatic heterocycles. The second-order valence-corrected chi connectivity index (χ2v) is 15.3. The van der Waals surface area contributed by atoms with Crippen molar-refractivity contribution in [1.29, 1.82) is 0 Å². The lowest BCUT2D eigenvalue weighted by Crippen LogP contribution is -1.95. The summed E-state index contributed by atoms with van der Waals surface area (Å²) in [5, 5.41) is 10.2. The third kappa shape index (κ3) is 5.05. The highest BCUT2D eigenvalue weighted by molar-refractivity contribution is 6.23. The summed E-state index contributed by atoms with van der Waals surface area (Å²) in [6, 6.07) is 79.9. The van der Waals surface area contributed by atoms with E-state index >= 15 is 0 Å². The summed E-state index contributed by atoms with van der Waals surface area (Å²) < 4.78 is 4.87. The largest absolute Gasteiger partial charge is 0.309 e. The first-order valence-corrected chi connectivity index (χ1v) is 20.0. The Balaban J connectivity index is 0.974. The van der Waals surface area contributed by atoms with Crippen molar-refractivity contribution in [2.75, 3.05) is 0 Å². The third-order valence-electron chi connectivity index (χ3n) is 12.1. The van der Waals surface area contributed by atoms with Crippen molar-refractivity contribution in [3.63, 3.8) is 0 Å². The van der Waals surface area contributed by atoms with Crippen molar-refractivity contribution in [3.05, 3.63) is 218 Å². The molecule has 0 saturated heterocycles. The predicted molar refractivity (Wildman–Crippen MR) is 246 cm³/mol. The second-order valence-electron chi connectivity index (χ2n) is 15.3. The monoisotopic (exact) mass is 736 g/mol. The second kappa shape index (κ2) is 12.9. The zero-order chi connectivity index (χ0) is 38.2. The molecule has 2 nitrogen and oxygen atoms in total. The Hall–Kier alpha value is -7.68. The fraction of sp³-hybridized carbons (Fsp3) is 0. The molecule has 2 heterocycles. The van der Waals surface area contributed by atoms with Crippen LogP contribution in [0, 0.1) is 0 Å². The molecule has 0 amide bonds. The lowest BCUT2D eigenvalue weighted by atomic mass is 10.0. The van der Waals surface area contributed by atoms with E-state index in [0.29, 0.717) is 0 Å². The number of hydrogen-bond donors (Lipinski definition) is 0. The highest BCUT2D eigenvalue weighted by Gasteiger charge is 2.18. The maximum Gasteiger partial charge on any atom is 0.0547 e. The lowest BCUT2D eigenvalue weighted by molar-refractivity contribution is 1.18. The first kappa shape index (κ1) is 32.6. The van der Waals surface area contributed by atoms with Crippen molar-refractivity contribution in [3.8, 4) is 44.8 Å². The molecule has 0 aliphatic carbocycles. The maximum atomic E-state index is 2.44. The number of aromatic nitrogens is 2. The summed E-state index contributed by atoms with van der Waals surface area (Å²) in [6.45, 7) is 0. The van der Waals surface area contributed by atoms with E-state index in [1.165, 1.54) is 98.5 Å². The van der Waals surface area contributed by atoms with E-state index in [9.17, 15) is 0 Å². The van der Waals surface area contributed by atoms with Crippen LogP contribution in [0.25, 0.3) is 110 Å². The molecule has 12 aromatic rings. The molecule has 0 aliphatic rings. The van der Waals surface area contributed by atoms with Gasteiger partial charge in [-0.05, 0) is 103 Å². The number of hydrogen-bond acceptors (Lipinski definition) is 0. The van der Waals surface area contributed by atoms with Crippen LogP contribution in [-0.4, -0.2) is 9.13 Å². The quantitative estimate of drug-likeness (QED) is 0.167. The SMILES string of the molecule is c1ccc(-c2ccc3c4c5ccccc5ccc4n(-c4ccc(-c5ccc(-n6c7cc(-c8ccccc8)ccc7c7c8ccccc8ccc76)cc5)cc4)c3c2)cc1. The van der Waals surface area contributed by atoms with Gasteiger partial charge < -0.3 is 9.13 Å². The van der Waals surface area contributed by atoms with Gasteiger partial charge in [-0.3, -0.25) is 0 Å². The van der Waals surface area contributed by atoms with Crippen LogP contribution in [0.5, 0.6) is 0 Å². The van der Waals surface area contributed by atoms with Crippen molar-refractivity contribution in [1.82, 2.24) is 9.13 Å². The van der Waals surface area contributed by atoms with Crippen LogP contribution in [0.3, 0.4) is 0 Å². The van der Waals surface area contributed by atoms with Gasteiger partial charge in [0.15, 0.2) is 0 Å². The maximum absolute atomic E-state index is 2.44. The van der Waals surface area contributed by atoms with E-state index in [1.54, 1.807) is 0 Å². The molecule has 0 fully saturated rings. The van der Waals surface area contributed by atoms with Gasteiger partial charge in [0.1, 0.15) is 0 Å². The van der Waals surface area contributed by atoms with E-state index in [0.717, 1.165) is 11.4 Å². The zero-order valence-corrected chi connectivity index (χ0v) is 31.7. The molecule has 0 radical (unpaired) electrons. The van der Waals surface area contributed by atoms with Gasteiger partial charge in [-0.25, -0.2) is 0 Å². The first-order chi connectivity index (χ1) is 28.8. The molecule has 12 rings (SSSR count). The molecule has 0 saturated carbocycles. The number of benzene rings is 10. The predicted octanol–water partition coefficient (Wildman–Crippen LogP) is 15.2. The van der Waals surface area contributed by atoms with E-state index in [4.69, 9.17) is 0 Å². The van der Waals surface area contributed by atoms with E-state index in [1.807, 2.05) is 0 Å². The molecular weight excluding hydrogens is 701 g/mol. The average molecular weight is 737 g/mol. The minimum absolute atomic E-state index is 1.15. The van der Waals surface area contributed by atoms with Crippen molar-refractivity contribution in [2.24, 2.45) is 0 Å². The average Bonchev–Trinajstić information content (AvgIpc) is 3.82. The topological polar surface area (TPSA) is 9.86 Å². The molecule has 10 aromatic carbocycles. The Kier molecular flexibility index (Phi) is 7.26. The van der Waals surface area contributed by atoms with Crippen molar-refractivity contribution in [2.45, 2.75) is 0 Å². The van der Waals surface area contributed by atoms with Gasteiger partial charge in [0, 0.05) is 32.9 Å². The molecule has 0 N–H and O–H groups in total. The molecule has 0 atom stereocenters. The van der Waals surface area contributed by atoms with E-state index < -0.39 is 0 Å². The standard InChI is InChI=1S/C56H36N2/c1-3-11-37(12-4-1)43-23-31-49-53(35-43)57(51-33-25-41-15-7-9-17-47(41)55(49)51)45-27-19-39(20-28-45)40-21-29-46(30-22-40)58-52-34-26-42-16-8-10-18-48(42)56(52)50-32-24-44(36-54(50)58)38-13-5-2-6-14-38/h1-36H. The van der Waals surface area contributed by atoms with Crippen LogP contribution in [0.2, 0.25) is 0 Å². The van der Waals surface area contributed by atoms with Gasteiger partial charge in [0.05, 0.1) is 22.1 Å². The molecule has 0 unspecified atom stereocenters. The number of rotatable bonds is 5. The minimum Gasteiger partial charge on any atom is -0.309 e. The number of fused-ring (bicyclic) bond motifs is 10. The summed E-state index contributed by atoms with van der Waals surface area (Å²) in [4.78, 5) is 0. The highest BCUT2D eigenvalue weighted by Crippen LogP contribution is 2.41. The molecule has 0 spiro atoms. The van der Waals surface area contributed by atoms with Crippen LogP contribution in [-0.2, 0) is 0 Å². The van der Waals surface area contributed by atoms with E-state index in [2.05, 4.69) is 228 Å². The van der Waals surface area contributed by atoms with Crippen LogP contribution < -0.4 is 0 Å². The zero-order valence-electron chi connectivity index (χ0n) is 31.7. The molecule has 2 aromatic heterocycles. The first-order valence-electron chi connectivity index (χ1n) is 20.0. The van der Waals surface area contributed by atoms with Gasteiger partial charge in [0.25, 0.3) is 0 Å². The summed E-state index contributed by atoms with van der Waals surface area (Å²) >= 11 is 0. The molecule has 0 bridgehead atoms. The highest BCUT2D eigenvalue weighted by atomic mass is 15.0. The molecule has 270 valence electrons. The van der Waals surface area contributed by atoms with Gasteiger partial charge in [-0.1, -0.05) is 170 Å². The normalized spacial score (nSPS) is 11.8. The van der Waals surface area contributed by atoms with E-state index in [-0.39, 0.29) is 0 Å². The molecular formula is C56H36N2. The smallest absolute Gasteiger partial charge is 0.0547 e. The lowest BCUT2D eigenvalue weighted by Gasteiger charge is -2.12. The van der Waals surface area contributed by atoms with Gasteiger partial charge in [-0.15, -0.1) is 0 Å². The van der Waals surface area contributed by atoms with Gasteiger partial charge >= 0.3 is 0 Å². The van der Waals surface area contributed by atoms with Gasteiger partial charge in [0.2, 0.25) is 0 Å². The number of nitrogens with zero attached hydrogens (tertiary/aromatic N) is 2. The third-order valence-corrected chi connectivity index (χ3v) is 12.1. The molecule has 58 heavy (non-hydrogen) atoms. The Bertz CT molecular complexity index is 3280. The van der Waals surface area contributed by atoms with Gasteiger partial charge in [-0.2, -0.15) is 0 Å². The fourth-order valence-corrected chi connectivity index (χ4v) is 9.36. The Morgan fingerprint density at radius 1 is 0.224 bits per heavy atom. The van der Waals surface area contributed by atoms with Crippen molar-refractivity contribution < 1.29 is 0 Å². The minimum atomic E-state index is 1.15. The fourth-order valence-electron chi connectivity index (χ4n) is 9.36.